The highest BCUT2D eigenvalue weighted by atomic mass is 16.8. The Kier molecular flexibility index (Phi) is 15.7. The lowest BCUT2D eigenvalue weighted by atomic mass is 9.93. The van der Waals surface area contributed by atoms with Crippen molar-refractivity contribution in [2.24, 2.45) is 11.8 Å². The molecule has 3 aliphatic heterocycles. The Balaban J connectivity index is 0.000000216. The van der Waals surface area contributed by atoms with Gasteiger partial charge in [-0.25, -0.2) is 9.59 Å². The number of hydrogen-bond donors (Lipinski definition) is 3. The number of carbonyl (C=O) groups excluding carboxylic acids is 4. The zero-order valence-electron chi connectivity index (χ0n) is 37.8. The highest BCUT2D eigenvalue weighted by Crippen LogP contribution is 2.34. The Morgan fingerprint density at radius 1 is 0.585 bits per heavy atom. The van der Waals surface area contributed by atoms with Gasteiger partial charge in [0.15, 0.2) is 17.4 Å². The quantitative estimate of drug-likeness (QED) is 0.164. The normalized spacial score (nSPS) is 28.0. The first-order valence-corrected chi connectivity index (χ1v) is 22.0. The predicted molar refractivity (Wildman–Crippen MR) is 250 cm³/mol. The smallest absolute Gasteiger partial charge is 0.342 e. The number of aliphatic hydroxyl groups excluding tert-OH is 2. The van der Waals surface area contributed by atoms with E-state index in [1.807, 2.05) is 120 Å². The number of carbonyl (C=O) groups is 4. The van der Waals surface area contributed by atoms with E-state index in [0.717, 1.165) is 27.8 Å². The highest BCUT2D eigenvalue weighted by molar-refractivity contribution is 5.99. The first kappa shape index (κ1) is 48.2. The lowest BCUT2D eigenvalue weighted by Gasteiger charge is -2.20. The average Bonchev–Trinajstić information content (AvgIpc) is 3.60. The van der Waals surface area contributed by atoms with E-state index in [1.165, 1.54) is 24.3 Å². The van der Waals surface area contributed by atoms with Crippen molar-refractivity contribution >= 4 is 35.7 Å². The summed E-state index contributed by atoms with van der Waals surface area (Å²) in [5.41, 5.74) is 6.25. The van der Waals surface area contributed by atoms with Crippen LogP contribution in [-0.2, 0) is 28.5 Å². The number of cyclic esters (lactones) is 2. The molecule has 8 atom stereocenters. The van der Waals surface area contributed by atoms with Crippen LogP contribution in [-0.4, -0.2) is 81.2 Å². The van der Waals surface area contributed by atoms with Gasteiger partial charge in [-0.05, 0) is 117 Å². The van der Waals surface area contributed by atoms with Crippen molar-refractivity contribution in [2.75, 3.05) is 0 Å². The summed E-state index contributed by atoms with van der Waals surface area (Å²) < 4.78 is 23.3. The van der Waals surface area contributed by atoms with Crippen molar-refractivity contribution in [1.82, 2.24) is 0 Å². The third-order valence-corrected chi connectivity index (χ3v) is 11.8. The van der Waals surface area contributed by atoms with Gasteiger partial charge in [-0.15, -0.1) is 0 Å². The minimum atomic E-state index is -1.56. The Hall–Kier alpha value is -6.24. The Labute approximate surface area is 380 Å². The molecule has 0 unspecified atom stereocenters. The number of esters is 2. The second-order valence-corrected chi connectivity index (χ2v) is 17.3. The van der Waals surface area contributed by atoms with Crippen molar-refractivity contribution in [3.05, 3.63) is 149 Å². The topological polar surface area (TPSA) is 166 Å². The summed E-state index contributed by atoms with van der Waals surface area (Å²) in [6.45, 7) is 12.8. The molecule has 3 heterocycles. The number of aliphatic hydroxyl groups is 2. The van der Waals surface area contributed by atoms with Crippen molar-refractivity contribution < 1.29 is 53.4 Å². The Morgan fingerprint density at radius 2 is 1.08 bits per heavy atom. The zero-order chi connectivity index (χ0) is 47.0. The summed E-state index contributed by atoms with van der Waals surface area (Å²) >= 11 is 0. The molecule has 0 aliphatic carbocycles. The number of aromatic hydroxyl groups is 1. The van der Waals surface area contributed by atoms with E-state index in [9.17, 15) is 34.5 Å². The van der Waals surface area contributed by atoms with Gasteiger partial charge in [-0.2, -0.15) is 0 Å². The van der Waals surface area contributed by atoms with E-state index < -0.39 is 54.2 Å². The summed E-state index contributed by atoms with van der Waals surface area (Å²) in [6.07, 6.45) is 8.51. The molecular weight excluding hydrogens is 825 g/mol. The summed E-state index contributed by atoms with van der Waals surface area (Å²) in [5.74, 6) is -3.35. The number of ether oxygens (including phenoxy) is 4. The fourth-order valence-corrected chi connectivity index (χ4v) is 7.72. The van der Waals surface area contributed by atoms with E-state index >= 15 is 0 Å². The van der Waals surface area contributed by atoms with Crippen molar-refractivity contribution in [1.29, 1.82) is 0 Å². The van der Waals surface area contributed by atoms with Crippen LogP contribution < -0.4 is 0 Å². The molecule has 65 heavy (non-hydrogen) atoms. The molecule has 3 N–H and O–H groups in total. The first-order valence-electron chi connectivity index (χ1n) is 22.0. The lowest BCUT2D eigenvalue weighted by Crippen LogP contribution is -2.32. The van der Waals surface area contributed by atoms with Crippen molar-refractivity contribution in [2.45, 2.75) is 104 Å². The third-order valence-electron chi connectivity index (χ3n) is 11.8. The van der Waals surface area contributed by atoms with E-state index in [-0.39, 0.29) is 41.3 Å². The second kappa shape index (κ2) is 21.2. The molecule has 1 saturated heterocycles. The minimum absolute atomic E-state index is 0.0159. The second-order valence-electron chi connectivity index (χ2n) is 17.3. The molecule has 3 aliphatic rings. The van der Waals surface area contributed by atoms with Crippen LogP contribution in [0.3, 0.4) is 0 Å². The molecule has 0 bridgehead atoms. The van der Waals surface area contributed by atoms with E-state index in [4.69, 9.17) is 18.9 Å². The first-order chi connectivity index (χ1) is 30.9. The SMILES string of the molecule is C[C@@H]1/C=C\C(=O)[C@@H](O)[C@@H](O)C/C=C/c2cc(-c3ccccc3)cc(O)c2C(=O)O[C@H]1C.Cc1cc(-c2ccccc2)cc2c1C(=O)O[C@@H](C)[C@H](C)/C=C\C(=O)[C@H]1OC(C)(C)O[C@H]1C/C=C/2. The van der Waals surface area contributed by atoms with E-state index in [2.05, 4.69) is 0 Å². The third kappa shape index (κ3) is 12.1. The summed E-state index contributed by atoms with van der Waals surface area (Å²) in [7, 11) is 0. The van der Waals surface area contributed by atoms with Gasteiger partial charge in [-0.1, -0.05) is 117 Å². The van der Waals surface area contributed by atoms with Gasteiger partial charge >= 0.3 is 11.9 Å². The molecule has 0 spiro atoms. The number of ketones is 2. The fourth-order valence-electron chi connectivity index (χ4n) is 7.72. The molecule has 11 heteroatoms. The van der Waals surface area contributed by atoms with E-state index in [0.29, 0.717) is 23.1 Å². The van der Waals surface area contributed by atoms with Crippen LogP contribution in [0.15, 0.2) is 121 Å². The molecule has 0 radical (unpaired) electrons. The molecular formula is C54H58O11. The number of benzene rings is 4. The summed E-state index contributed by atoms with van der Waals surface area (Å²) in [6, 6.07) is 26.7. The Bertz CT molecular complexity index is 2480. The van der Waals surface area contributed by atoms with Crippen LogP contribution in [0.25, 0.3) is 34.4 Å². The fraction of sp³-hybridized carbons (Fsp3) is 0.333. The standard InChI is InChI=1S/C29H32O5.C25H26O6/c1-18-14-15-24(30)27-25(33-29(4,5)34-27)13-9-12-22-17-23(21-10-7-6-8-11-21)16-19(2)26(22)28(31)32-20(18)3;1-15-11-12-21(27)24(29)20(26)10-6-9-18-13-19(17-7-4-3-5-8-17)14-22(28)23(18)25(30)31-16(15)2/h6-12,14-18,20,25,27H,13H2,1-5H3;3-9,11-16,20,24,26,28-29H,10H2,1-2H3/b12-9+,15-14-;9-6+,12-11-/t18-,20+,25+,27-;15-,16+,20+,24+/m11/s1. The van der Waals surface area contributed by atoms with Crippen molar-refractivity contribution in [3.8, 4) is 28.0 Å². The molecule has 340 valence electrons. The number of hydrogen-bond acceptors (Lipinski definition) is 11. The number of phenolic OH excluding ortho intramolecular Hbond substituents is 1. The van der Waals surface area contributed by atoms with E-state index in [1.54, 1.807) is 38.1 Å². The molecule has 4 aromatic rings. The van der Waals surface area contributed by atoms with Crippen LogP contribution in [0.4, 0.5) is 0 Å². The van der Waals surface area contributed by atoms with Gasteiger partial charge in [-0.3, -0.25) is 9.59 Å². The summed E-state index contributed by atoms with van der Waals surface area (Å²) in [5, 5.41) is 30.9. The highest BCUT2D eigenvalue weighted by Gasteiger charge is 2.43. The van der Waals surface area contributed by atoms with Gasteiger partial charge in [0.1, 0.15) is 35.7 Å². The largest absolute Gasteiger partial charge is 0.507 e. The molecule has 7 rings (SSSR count). The zero-order valence-corrected chi connectivity index (χ0v) is 37.8. The molecule has 0 aromatic heterocycles. The van der Waals surface area contributed by atoms with Gasteiger partial charge in [0.05, 0.1) is 17.8 Å². The lowest BCUT2D eigenvalue weighted by molar-refractivity contribution is -0.152. The maximum atomic E-state index is 13.2. The van der Waals surface area contributed by atoms with Gasteiger partial charge in [0, 0.05) is 11.8 Å². The minimum Gasteiger partial charge on any atom is -0.507 e. The number of aryl methyl sites for hydroxylation is 1. The van der Waals surface area contributed by atoms with Crippen LogP contribution >= 0.6 is 0 Å². The van der Waals surface area contributed by atoms with Gasteiger partial charge < -0.3 is 34.3 Å². The maximum Gasteiger partial charge on any atom is 0.342 e. The monoisotopic (exact) mass is 882 g/mol. The van der Waals surface area contributed by atoms with Crippen LogP contribution in [0.2, 0.25) is 0 Å². The van der Waals surface area contributed by atoms with Crippen LogP contribution in [0.5, 0.6) is 5.75 Å². The number of fused-ring (bicyclic) bond motifs is 3. The molecule has 1 fully saturated rings. The average molecular weight is 883 g/mol. The molecule has 4 aromatic carbocycles. The molecule has 0 amide bonds. The van der Waals surface area contributed by atoms with Crippen LogP contribution in [0.1, 0.15) is 91.8 Å². The van der Waals surface area contributed by atoms with Gasteiger partial charge in [0.2, 0.25) is 0 Å². The van der Waals surface area contributed by atoms with Gasteiger partial charge in [0.25, 0.3) is 0 Å². The number of phenols is 1. The number of rotatable bonds is 2. The predicted octanol–water partition coefficient (Wildman–Crippen LogP) is 9.41. The summed E-state index contributed by atoms with van der Waals surface area (Å²) in [4.78, 5) is 51.1. The van der Waals surface area contributed by atoms with Crippen molar-refractivity contribution in [3.63, 3.8) is 0 Å². The Morgan fingerprint density at radius 3 is 1.65 bits per heavy atom. The maximum absolute atomic E-state index is 13.2. The molecule has 0 saturated carbocycles. The van der Waals surface area contributed by atoms with Crippen LogP contribution in [0, 0.1) is 18.8 Å². The molecule has 11 nitrogen and oxygen atoms in total.